The number of phosphoric acid groups is 3. The van der Waals surface area contributed by atoms with Gasteiger partial charge in [-0.1, -0.05) is 197 Å². The topological polar surface area (TPSA) is 176 Å². The van der Waals surface area contributed by atoms with Gasteiger partial charge in [-0.25, -0.2) is 0 Å². The van der Waals surface area contributed by atoms with Crippen LogP contribution in [0.15, 0.2) is 0 Å². The van der Waals surface area contributed by atoms with Crippen molar-refractivity contribution in [2.45, 2.75) is 275 Å². The zero-order valence-electron chi connectivity index (χ0n) is 43.3. The Bertz CT molecular complexity index is 991. The summed E-state index contributed by atoms with van der Waals surface area (Å²) < 4.78 is 65.9. The minimum Gasteiger partial charge on any atom is -0.756 e. The zero-order valence-corrected chi connectivity index (χ0v) is 47.3. The van der Waals surface area contributed by atoms with Crippen LogP contribution in [0.4, 0.5) is 0 Å². The van der Waals surface area contributed by atoms with Crippen molar-refractivity contribution in [2.24, 2.45) is 17.8 Å². The summed E-state index contributed by atoms with van der Waals surface area (Å²) in [5, 5.41) is 0. The second kappa shape index (κ2) is 47.5. The molecule has 0 saturated heterocycles. The number of unbranched alkanes of at least 4 members (excludes halogenated alkanes) is 12. The second-order valence-electron chi connectivity index (χ2n) is 17.8. The van der Waals surface area contributed by atoms with Crippen LogP contribution >= 0.6 is 23.5 Å². The monoisotopic (exact) mass is 1020 g/mol. The van der Waals surface area contributed by atoms with Gasteiger partial charge in [-0.15, -0.1) is 0 Å². The Morgan fingerprint density at radius 1 is 0.344 bits per heavy atom. The number of hydrogen-bond acceptors (Lipinski definition) is 12. The van der Waals surface area contributed by atoms with E-state index in [1.165, 1.54) is 38.5 Å². The van der Waals surface area contributed by atoms with Crippen LogP contribution in [-0.4, -0.2) is 38.1 Å². The Hall–Kier alpha value is 0.862. The normalized spacial score (nSPS) is 17.1. The minimum absolute atomic E-state index is 0. The summed E-state index contributed by atoms with van der Waals surface area (Å²) in [5.74, 6) is 0.905. The quantitative estimate of drug-likeness (QED) is 0.0418. The largest absolute Gasteiger partial charge is 3.00 e. The summed E-state index contributed by atoms with van der Waals surface area (Å²) in [4.78, 5) is 35.4. The summed E-state index contributed by atoms with van der Waals surface area (Å²) in [6.07, 6.45) is 27.5. The van der Waals surface area contributed by atoms with Gasteiger partial charge in [0.15, 0.2) is 0 Å². The van der Waals surface area contributed by atoms with Gasteiger partial charge in [0, 0.05) is 0 Å². The molecule has 0 amide bonds. The smallest absolute Gasteiger partial charge is 0.756 e. The maximum absolute atomic E-state index is 11.8. The van der Waals surface area contributed by atoms with Crippen molar-refractivity contribution in [3.63, 3.8) is 0 Å². The van der Waals surface area contributed by atoms with Crippen LogP contribution in [0.5, 0.6) is 0 Å². The molecule has 0 spiro atoms. The molecule has 0 fully saturated rings. The summed E-state index contributed by atoms with van der Waals surface area (Å²) in [6, 6.07) is 0. The maximum atomic E-state index is 11.8. The molecule has 16 heteroatoms. The third kappa shape index (κ3) is 49.3. The molecule has 9 atom stereocenters. The van der Waals surface area contributed by atoms with Crippen LogP contribution in [0.3, 0.4) is 0 Å². The Kier molecular flexibility index (Phi) is 53.0. The Morgan fingerprint density at radius 2 is 0.562 bits per heavy atom. The van der Waals surface area contributed by atoms with Gasteiger partial charge in [-0.2, -0.15) is 0 Å². The maximum Gasteiger partial charge on any atom is 3.00 e. The average Bonchev–Trinajstić information content (AvgIpc) is 3.23. The molecule has 0 aliphatic heterocycles. The van der Waals surface area contributed by atoms with Gasteiger partial charge >= 0.3 is 17.4 Å². The molecule has 0 saturated carbocycles. The van der Waals surface area contributed by atoms with Gasteiger partial charge in [0.05, 0.1) is 38.1 Å². The molecule has 0 bridgehead atoms. The van der Waals surface area contributed by atoms with Crippen LogP contribution in [0.25, 0.3) is 0 Å². The fourth-order valence-electron chi connectivity index (χ4n) is 6.77. The molecule has 0 aromatic carbocycles. The van der Waals surface area contributed by atoms with E-state index in [4.69, 9.17) is 27.1 Å². The van der Waals surface area contributed by atoms with Crippen LogP contribution in [0, 0.1) is 17.8 Å². The van der Waals surface area contributed by atoms with Crippen molar-refractivity contribution < 1.29 is 72.9 Å². The zero-order chi connectivity index (χ0) is 48.4. The predicted molar refractivity (Wildman–Crippen MR) is 259 cm³/mol. The van der Waals surface area contributed by atoms with E-state index in [1.54, 1.807) is 20.8 Å². The van der Waals surface area contributed by atoms with Crippen LogP contribution in [0.1, 0.15) is 256 Å². The third-order valence-corrected chi connectivity index (χ3v) is 14.6. The van der Waals surface area contributed by atoms with E-state index in [9.17, 15) is 28.4 Å². The van der Waals surface area contributed by atoms with Crippen molar-refractivity contribution in [3.8, 4) is 0 Å². The van der Waals surface area contributed by atoms with E-state index in [1.807, 2.05) is 0 Å². The number of hydrogen-bond donors (Lipinski definition) is 0. The van der Waals surface area contributed by atoms with Crippen LogP contribution < -0.4 is 14.7 Å². The molecule has 64 heavy (non-hydrogen) atoms. The predicted octanol–water partition coefficient (Wildman–Crippen LogP) is 15.2. The molecule has 0 aromatic rings. The molecule has 0 aromatic heterocycles. The molecule has 0 N–H and O–H groups in total. The van der Waals surface area contributed by atoms with Gasteiger partial charge in [-0.3, -0.25) is 13.7 Å². The van der Waals surface area contributed by atoms with Gasteiger partial charge in [0.1, 0.15) is 0 Å². The second-order valence-corrected chi connectivity index (χ2v) is 21.9. The first-order valence-electron chi connectivity index (χ1n) is 25.8. The molecular formula is C48H102CrO12P3. The third-order valence-electron chi connectivity index (χ3n) is 11.4. The molecule has 0 aliphatic rings. The minimum atomic E-state index is -4.15. The van der Waals surface area contributed by atoms with E-state index < -0.39 is 23.5 Å². The van der Waals surface area contributed by atoms with E-state index in [0.717, 1.165) is 135 Å². The summed E-state index contributed by atoms with van der Waals surface area (Å²) in [6.45, 7) is 25.2. The average molecular weight is 1020 g/mol. The van der Waals surface area contributed by atoms with E-state index in [0.29, 0.717) is 17.8 Å². The number of rotatable bonds is 42. The fraction of sp³-hybridized carbons (Fsp3) is 1.00. The standard InChI is InChI=1S/3C16H35O4P.Cr/c3*1-5-8-10-11-12-15(4)20-21(17,18)19-14-16(7-3)13-9-6-2;/h3*15-16H,5-14H2,1-4H3,(H,17,18);/q;;;+3/p-3. The Morgan fingerprint density at radius 3 is 0.750 bits per heavy atom. The van der Waals surface area contributed by atoms with Crippen molar-refractivity contribution >= 4 is 23.5 Å². The Labute approximate surface area is 406 Å². The summed E-state index contributed by atoms with van der Waals surface area (Å²) in [5.41, 5.74) is 0. The van der Waals surface area contributed by atoms with Crippen molar-refractivity contribution in [1.82, 2.24) is 0 Å². The molecule has 0 aliphatic carbocycles. The van der Waals surface area contributed by atoms with Crippen LogP contribution in [-0.2, 0) is 58.2 Å². The molecule has 387 valence electrons. The van der Waals surface area contributed by atoms with Crippen molar-refractivity contribution in [1.29, 1.82) is 0 Å². The SMILES string of the molecule is CCCCCCC(C)OP(=O)([O-])OCC(CC)CCCC.CCCCCCC(C)OP(=O)([O-])OCC(CC)CCCC.CCCCCCC(C)OP(=O)([O-])OCC(CC)CCCC.[Cr+3]. The first-order chi connectivity index (χ1) is 29.8. The van der Waals surface area contributed by atoms with Crippen molar-refractivity contribution in [2.75, 3.05) is 19.8 Å². The molecule has 0 heterocycles. The molecular weight excluding hydrogens is 913 g/mol. The van der Waals surface area contributed by atoms with Gasteiger partial charge in [0.2, 0.25) is 0 Å². The summed E-state index contributed by atoms with van der Waals surface area (Å²) >= 11 is 0. The van der Waals surface area contributed by atoms with Gasteiger partial charge in [0.25, 0.3) is 23.5 Å². The first kappa shape index (κ1) is 71.4. The van der Waals surface area contributed by atoms with Gasteiger partial charge < -0.3 is 41.8 Å². The molecule has 0 rings (SSSR count). The fourth-order valence-corrected chi connectivity index (χ4v) is 9.77. The number of phosphoric ester groups is 3. The molecule has 12 nitrogen and oxygen atoms in total. The molecule has 9 unspecified atom stereocenters. The van der Waals surface area contributed by atoms with E-state index in [2.05, 4.69) is 62.3 Å². The van der Waals surface area contributed by atoms with E-state index >= 15 is 0 Å². The van der Waals surface area contributed by atoms with Crippen molar-refractivity contribution in [3.05, 3.63) is 0 Å². The van der Waals surface area contributed by atoms with E-state index in [-0.39, 0.29) is 55.5 Å². The molecule has 1 radical (unpaired) electrons. The Balaban J connectivity index is -0.000000419. The summed E-state index contributed by atoms with van der Waals surface area (Å²) in [7, 11) is -12.5. The van der Waals surface area contributed by atoms with Crippen LogP contribution in [0.2, 0.25) is 0 Å². The van der Waals surface area contributed by atoms with Gasteiger partial charge in [-0.05, 0) is 77.0 Å². The first-order valence-corrected chi connectivity index (χ1v) is 30.1.